The summed E-state index contributed by atoms with van der Waals surface area (Å²) in [4.78, 5) is 27.0. The summed E-state index contributed by atoms with van der Waals surface area (Å²) in [5.74, 6) is -0.568. The van der Waals surface area contributed by atoms with Crippen LogP contribution in [0.2, 0.25) is 0 Å². The lowest BCUT2D eigenvalue weighted by atomic mass is 10.1. The molecule has 1 aliphatic rings. The van der Waals surface area contributed by atoms with Gasteiger partial charge in [-0.1, -0.05) is 6.07 Å². The van der Waals surface area contributed by atoms with Crippen LogP contribution in [0.4, 0.5) is 11.4 Å². The maximum atomic E-state index is 12.6. The first-order valence-corrected chi connectivity index (χ1v) is 9.53. The number of piperidine rings is 1. The third-order valence-electron chi connectivity index (χ3n) is 4.93. The lowest BCUT2D eigenvalue weighted by molar-refractivity contribution is 0.0525. The average Bonchev–Trinajstić information content (AvgIpc) is 2.70. The summed E-state index contributed by atoms with van der Waals surface area (Å²) in [6.07, 6.45) is 3.73. The van der Waals surface area contributed by atoms with Crippen LogP contribution >= 0.6 is 0 Å². The number of amides is 1. The van der Waals surface area contributed by atoms with Gasteiger partial charge in [-0.2, -0.15) is 0 Å². The Balaban J connectivity index is 1.72. The molecule has 1 heterocycles. The van der Waals surface area contributed by atoms with Crippen LogP contribution in [0.1, 0.15) is 52.5 Å². The highest BCUT2D eigenvalue weighted by Crippen LogP contribution is 2.23. The van der Waals surface area contributed by atoms with Crippen molar-refractivity contribution < 1.29 is 14.3 Å². The number of hydrogen-bond donors (Lipinski definition) is 1. The van der Waals surface area contributed by atoms with Crippen LogP contribution in [0, 0.1) is 6.92 Å². The first kappa shape index (κ1) is 19.0. The first-order chi connectivity index (χ1) is 13.1. The minimum absolute atomic E-state index is 0.190. The van der Waals surface area contributed by atoms with Crippen LogP contribution in [-0.2, 0) is 4.74 Å². The summed E-state index contributed by atoms with van der Waals surface area (Å²) in [6, 6.07) is 12.9. The van der Waals surface area contributed by atoms with Crippen LogP contribution in [0.5, 0.6) is 0 Å². The Bertz CT molecular complexity index is 809. The smallest absolute Gasteiger partial charge is 0.338 e. The second kappa shape index (κ2) is 8.71. The minimum atomic E-state index is -0.378. The van der Waals surface area contributed by atoms with Crippen molar-refractivity contribution in [3.05, 3.63) is 59.2 Å². The molecule has 0 aromatic heterocycles. The summed E-state index contributed by atoms with van der Waals surface area (Å²) in [6.45, 7) is 6.04. The molecule has 2 aromatic carbocycles. The van der Waals surface area contributed by atoms with E-state index in [-0.39, 0.29) is 11.9 Å². The average molecular weight is 366 g/mol. The topological polar surface area (TPSA) is 58.6 Å². The van der Waals surface area contributed by atoms with E-state index in [9.17, 15) is 9.59 Å². The SMILES string of the molecule is CCOC(=O)c1cccc(NC(=O)c2ccc(N3CCCCC3)cc2)c1C. The fourth-order valence-electron chi connectivity index (χ4n) is 3.37. The van der Waals surface area contributed by atoms with Gasteiger partial charge in [0.15, 0.2) is 0 Å². The number of esters is 1. The van der Waals surface area contributed by atoms with Crippen molar-refractivity contribution in [3.8, 4) is 0 Å². The molecule has 1 fully saturated rings. The quantitative estimate of drug-likeness (QED) is 0.796. The van der Waals surface area contributed by atoms with E-state index in [1.807, 2.05) is 24.3 Å². The molecule has 1 saturated heterocycles. The molecule has 1 amide bonds. The van der Waals surface area contributed by atoms with Crippen LogP contribution in [0.3, 0.4) is 0 Å². The summed E-state index contributed by atoms with van der Waals surface area (Å²) >= 11 is 0. The molecule has 27 heavy (non-hydrogen) atoms. The van der Waals surface area contributed by atoms with Gasteiger partial charge in [-0.3, -0.25) is 4.79 Å². The summed E-state index contributed by atoms with van der Waals surface area (Å²) in [5.41, 5.74) is 3.54. The Labute approximate surface area is 160 Å². The van der Waals surface area contributed by atoms with Crippen molar-refractivity contribution >= 4 is 23.3 Å². The molecule has 2 aromatic rings. The number of ether oxygens (including phenoxy) is 1. The highest BCUT2D eigenvalue weighted by Gasteiger charge is 2.15. The Hall–Kier alpha value is -2.82. The Morgan fingerprint density at radius 2 is 1.74 bits per heavy atom. The van der Waals surface area contributed by atoms with Crippen LogP contribution in [0.15, 0.2) is 42.5 Å². The van der Waals surface area contributed by atoms with Gasteiger partial charge in [-0.05, 0) is 75.1 Å². The number of rotatable bonds is 5. The van der Waals surface area contributed by atoms with E-state index in [2.05, 4.69) is 10.2 Å². The summed E-state index contributed by atoms with van der Waals surface area (Å²) in [7, 11) is 0. The zero-order chi connectivity index (χ0) is 19.2. The standard InChI is InChI=1S/C22H26N2O3/c1-3-27-22(26)19-8-7-9-20(16(19)2)23-21(25)17-10-12-18(13-11-17)24-14-5-4-6-15-24/h7-13H,3-6,14-15H2,1-2H3,(H,23,25). The van der Waals surface area contributed by atoms with Crippen molar-refractivity contribution in [2.75, 3.05) is 29.9 Å². The minimum Gasteiger partial charge on any atom is -0.462 e. The molecule has 1 aliphatic heterocycles. The number of nitrogens with zero attached hydrogens (tertiary/aromatic N) is 1. The largest absolute Gasteiger partial charge is 0.462 e. The lowest BCUT2D eigenvalue weighted by Gasteiger charge is -2.28. The van der Waals surface area contributed by atoms with Gasteiger partial charge in [0.1, 0.15) is 0 Å². The number of anilines is 2. The van der Waals surface area contributed by atoms with Gasteiger partial charge in [0, 0.05) is 30.0 Å². The number of benzene rings is 2. The number of hydrogen-bond acceptors (Lipinski definition) is 4. The van der Waals surface area contributed by atoms with E-state index in [4.69, 9.17) is 4.74 Å². The van der Waals surface area contributed by atoms with E-state index in [1.165, 1.54) is 19.3 Å². The van der Waals surface area contributed by atoms with E-state index in [0.29, 0.717) is 29.0 Å². The third kappa shape index (κ3) is 4.48. The third-order valence-corrected chi connectivity index (χ3v) is 4.93. The van der Waals surface area contributed by atoms with Gasteiger partial charge < -0.3 is 15.0 Å². The zero-order valence-corrected chi connectivity index (χ0v) is 16.0. The maximum Gasteiger partial charge on any atom is 0.338 e. The van der Waals surface area contributed by atoms with E-state index < -0.39 is 0 Å². The number of carbonyl (C=O) groups is 2. The fraction of sp³-hybridized carbons (Fsp3) is 0.364. The Morgan fingerprint density at radius 3 is 2.41 bits per heavy atom. The van der Waals surface area contributed by atoms with Crippen LogP contribution in [0.25, 0.3) is 0 Å². The lowest BCUT2D eigenvalue weighted by Crippen LogP contribution is -2.29. The molecule has 0 unspecified atom stereocenters. The fourth-order valence-corrected chi connectivity index (χ4v) is 3.37. The van der Waals surface area contributed by atoms with Gasteiger partial charge in [0.25, 0.3) is 5.91 Å². The molecule has 0 saturated carbocycles. The molecule has 1 N–H and O–H groups in total. The predicted octanol–water partition coefficient (Wildman–Crippen LogP) is 4.41. The molecule has 5 nitrogen and oxygen atoms in total. The molecule has 5 heteroatoms. The van der Waals surface area contributed by atoms with Gasteiger partial charge in [-0.15, -0.1) is 0 Å². The van der Waals surface area contributed by atoms with Gasteiger partial charge >= 0.3 is 5.97 Å². The monoisotopic (exact) mass is 366 g/mol. The molecular formula is C22H26N2O3. The Morgan fingerprint density at radius 1 is 1.04 bits per heavy atom. The molecule has 0 bridgehead atoms. The highest BCUT2D eigenvalue weighted by atomic mass is 16.5. The highest BCUT2D eigenvalue weighted by molar-refractivity contribution is 6.05. The summed E-state index contributed by atoms with van der Waals surface area (Å²) in [5, 5.41) is 2.90. The molecule has 0 spiro atoms. The van der Waals surface area contributed by atoms with Crippen molar-refractivity contribution in [1.82, 2.24) is 0 Å². The van der Waals surface area contributed by atoms with Gasteiger partial charge in [0.05, 0.1) is 12.2 Å². The van der Waals surface area contributed by atoms with Crippen LogP contribution in [-0.4, -0.2) is 31.6 Å². The van der Waals surface area contributed by atoms with Crippen LogP contribution < -0.4 is 10.2 Å². The zero-order valence-electron chi connectivity index (χ0n) is 16.0. The molecule has 0 atom stereocenters. The Kier molecular flexibility index (Phi) is 6.12. The van der Waals surface area contributed by atoms with Gasteiger partial charge in [0.2, 0.25) is 0 Å². The summed E-state index contributed by atoms with van der Waals surface area (Å²) < 4.78 is 5.07. The molecule has 0 aliphatic carbocycles. The van der Waals surface area contributed by atoms with Crippen molar-refractivity contribution in [2.24, 2.45) is 0 Å². The second-order valence-electron chi connectivity index (χ2n) is 6.75. The molecule has 3 rings (SSSR count). The number of carbonyl (C=O) groups excluding carboxylic acids is 2. The van der Waals surface area contributed by atoms with E-state index in [0.717, 1.165) is 18.8 Å². The van der Waals surface area contributed by atoms with Crippen molar-refractivity contribution in [3.63, 3.8) is 0 Å². The van der Waals surface area contributed by atoms with E-state index >= 15 is 0 Å². The number of nitrogens with one attached hydrogen (secondary N) is 1. The predicted molar refractivity (Wildman–Crippen MR) is 108 cm³/mol. The second-order valence-corrected chi connectivity index (χ2v) is 6.75. The maximum absolute atomic E-state index is 12.6. The first-order valence-electron chi connectivity index (χ1n) is 9.53. The van der Waals surface area contributed by atoms with Crippen molar-refractivity contribution in [2.45, 2.75) is 33.1 Å². The molecule has 142 valence electrons. The molecular weight excluding hydrogens is 340 g/mol. The molecule has 0 radical (unpaired) electrons. The van der Waals surface area contributed by atoms with Gasteiger partial charge in [-0.25, -0.2) is 4.79 Å². The normalized spacial score (nSPS) is 13.9. The van der Waals surface area contributed by atoms with Crippen molar-refractivity contribution in [1.29, 1.82) is 0 Å². The van der Waals surface area contributed by atoms with E-state index in [1.54, 1.807) is 32.0 Å².